The van der Waals surface area contributed by atoms with E-state index in [1.54, 1.807) is 0 Å². The van der Waals surface area contributed by atoms with E-state index in [0.29, 0.717) is 42.6 Å². The lowest BCUT2D eigenvalue weighted by molar-refractivity contribution is -0.109. The second kappa shape index (κ2) is 14.8. The maximum absolute atomic E-state index is 12.0. The first kappa shape index (κ1) is 28.8. The van der Waals surface area contributed by atoms with Crippen molar-refractivity contribution in [1.29, 1.82) is 5.26 Å². The van der Waals surface area contributed by atoms with Gasteiger partial charge in [0.1, 0.15) is 17.6 Å². The molecule has 2 N–H and O–H groups in total. The summed E-state index contributed by atoms with van der Waals surface area (Å²) in [5.74, 6) is 1.31. The maximum atomic E-state index is 12.0. The average Bonchev–Trinajstić information content (AvgIpc) is 3.34. The molecule has 2 unspecified atom stereocenters. The van der Waals surface area contributed by atoms with Crippen molar-refractivity contribution in [2.75, 3.05) is 38.1 Å². The molecule has 1 aliphatic carbocycles. The zero-order valence-electron chi connectivity index (χ0n) is 22.5. The van der Waals surface area contributed by atoms with Crippen LogP contribution in [0.5, 0.6) is 0 Å². The summed E-state index contributed by atoms with van der Waals surface area (Å²) in [7, 11) is 1.99. The number of hydrogen-bond donors (Lipinski definition) is 2. The van der Waals surface area contributed by atoms with Crippen LogP contribution in [0.15, 0.2) is 47.4 Å². The Hall–Kier alpha value is -3.77. The molecule has 0 aromatic carbocycles. The second-order valence-electron chi connectivity index (χ2n) is 9.93. The highest BCUT2D eigenvalue weighted by Gasteiger charge is 2.24. The van der Waals surface area contributed by atoms with Crippen LogP contribution in [0.1, 0.15) is 54.2 Å². The summed E-state index contributed by atoms with van der Waals surface area (Å²) in [4.78, 5) is 35.4. The van der Waals surface area contributed by atoms with Gasteiger partial charge >= 0.3 is 0 Å². The number of pyridine rings is 1. The van der Waals surface area contributed by atoms with E-state index >= 15 is 0 Å². The lowest BCUT2D eigenvalue weighted by Gasteiger charge is -2.28. The third-order valence-electron chi connectivity index (χ3n) is 7.25. The lowest BCUT2D eigenvalue weighted by Crippen LogP contribution is -2.31. The Morgan fingerprint density at radius 1 is 1.34 bits per heavy atom. The number of amides is 1. The van der Waals surface area contributed by atoms with Crippen LogP contribution in [0.3, 0.4) is 0 Å². The Kier molecular flexibility index (Phi) is 11.2. The molecule has 1 saturated carbocycles. The minimum Gasteiger partial charge on any atom is -0.381 e. The highest BCUT2D eigenvalue weighted by molar-refractivity contribution is 5.86. The number of aryl methyl sites for hydroxylation is 1. The molecule has 9 nitrogen and oxygen atoms in total. The molecular formula is C29H39N7O2. The number of rotatable bonds is 14. The molecule has 1 amide bonds. The van der Waals surface area contributed by atoms with Crippen LogP contribution in [-0.2, 0) is 17.6 Å². The normalized spacial score (nSPS) is 19.8. The number of anilines is 1. The molecule has 1 fully saturated rings. The average molecular weight is 518 g/mol. The predicted octanol–water partition coefficient (Wildman–Crippen LogP) is 3.15. The van der Waals surface area contributed by atoms with E-state index in [1.807, 2.05) is 19.3 Å². The minimum absolute atomic E-state index is 0.304. The van der Waals surface area contributed by atoms with Gasteiger partial charge in [-0.1, -0.05) is 19.9 Å². The Bertz CT molecular complexity index is 1120. The molecule has 38 heavy (non-hydrogen) atoms. The van der Waals surface area contributed by atoms with Crippen molar-refractivity contribution in [3.8, 4) is 6.07 Å². The molecule has 3 rings (SSSR count). The molecule has 1 aromatic heterocycles. The number of nitrogens with one attached hydrogen (secondary N) is 2. The van der Waals surface area contributed by atoms with Crippen LogP contribution in [0.2, 0.25) is 0 Å². The maximum Gasteiger partial charge on any atom is 0.207 e. The van der Waals surface area contributed by atoms with Crippen molar-refractivity contribution < 1.29 is 9.59 Å². The smallest absolute Gasteiger partial charge is 0.207 e. The van der Waals surface area contributed by atoms with Crippen molar-refractivity contribution >= 4 is 24.7 Å². The van der Waals surface area contributed by atoms with E-state index in [2.05, 4.69) is 51.1 Å². The monoisotopic (exact) mass is 517 g/mol. The van der Waals surface area contributed by atoms with E-state index in [4.69, 9.17) is 4.98 Å². The highest BCUT2D eigenvalue weighted by atomic mass is 16.1. The van der Waals surface area contributed by atoms with Crippen molar-refractivity contribution in [2.24, 2.45) is 10.9 Å². The van der Waals surface area contributed by atoms with Gasteiger partial charge in [-0.05, 0) is 68.3 Å². The van der Waals surface area contributed by atoms with Crippen molar-refractivity contribution in [1.82, 2.24) is 20.5 Å². The Morgan fingerprint density at radius 3 is 2.87 bits per heavy atom. The molecule has 9 heteroatoms. The van der Waals surface area contributed by atoms with Gasteiger partial charge in [0.25, 0.3) is 0 Å². The number of aromatic nitrogens is 1. The molecule has 0 radical (unpaired) electrons. The first-order valence-corrected chi connectivity index (χ1v) is 13.3. The first-order valence-electron chi connectivity index (χ1n) is 13.3. The fraction of sp³-hybridized carbons (Fsp3) is 0.483. The summed E-state index contributed by atoms with van der Waals surface area (Å²) < 4.78 is 0. The quantitative estimate of drug-likeness (QED) is 0.128. The summed E-state index contributed by atoms with van der Waals surface area (Å²) in [6.07, 6.45) is 14.3. The van der Waals surface area contributed by atoms with Crippen molar-refractivity contribution in [2.45, 2.75) is 51.5 Å². The number of allylic oxidation sites excluding steroid dienone is 2. The number of nitrogens with zero attached hydrogens (tertiary/aromatic N) is 5. The molecule has 202 valence electrons. The van der Waals surface area contributed by atoms with Crippen LogP contribution in [0.4, 0.5) is 5.82 Å². The van der Waals surface area contributed by atoms with Gasteiger partial charge in [-0.15, -0.1) is 0 Å². The summed E-state index contributed by atoms with van der Waals surface area (Å²) in [6, 6.07) is 4.67. The van der Waals surface area contributed by atoms with E-state index in [9.17, 15) is 14.9 Å². The van der Waals surface area contributed by atoms with E-state index in [-0.39, 0.29) is 0 Å². The van der Waals surface area contributed by atoms with Crippen LogP contribution in [0.25, 0.3) is 0 Å². The first-order chi connectivity index (χ1) is 18.5. The Balaban J connectivity index is 1.83. The number of nitriles is 1. The molecule has 2 atom stereocenters. The third-order valence-corrected chi connectivity index (χ3v) is 7.25. The number of carbonyl (C=O) groups is 2. The summed E-state index contributed by atoms with van der Waals surface area (Å²) in [5.41, 5.74) is 3.67. The largest absolute Gasteiger partial charge is 0.381 e. The molecule has 2 heterocycles. The van der Waals surface area contributed by atoms with E-state index in [1.165, 1.54) is 25.3 Å². The van der Waals surface area contributed by atoms with Gasteiger partial charge in [0.15, 0.2) is 6.29 Å². The van der Waals surface area contributed by atoms with Gasteiger partial charge in [-0.3, -0.25) is 14.6 Å². The number of aliphatic imine (C=N–C) groups is 1. The highest BCUT2D eigenvalue weighted by Crippen LogP contribution is 2.29. The minimum atomic E-state index is 0.304. The van der Waals surface area contributed by atoms with Gasteiger partial charge in [0.05, 0.1) is 11.3 Å². The number of likely N-dealkylation sites (N-methyl/N-ethyl adjacent to an activating group) is 1. The number of fused-ring (bicyclic) bond motifs is 1. The molecule has 0 spiro atoms. The fourth-order valence-corrected chi connectivity index (χ4v) is 5.00. The van der Waals surface area contributed by atoms with Crippen LogP contribution < -0.4 is 15.5 Å². The number of hydrogen-bond acceptors (Lipinski definition) is 8. The van der Waals surface area contributed by atoms with Gasteiger partial charge in [0, 0.05) is 50.8 Å². The zero-order chi connectivity index (χ0) is 27.3. The summed E-state index contributed by atoms with van der Waals surface area (Å²) in [5, 5.41) is 16.1. The second-order valence-corrected chi connectivity index (χ2v) is 9.93. The third kappa shape index (κ3) is 7.86. The molecule has 1 aliphatic heterocycles. The lowest BCUT2D eigenvalue weighted by atomic mass is 10.0. The van der Waals surface area contributed by atoms with Gasteiger partial charge < -0.3 is 20.4 Å². The van der Waals surface area contributed by atoms with Crippen LogP contribution in [0, 0.1) is 17.2 Å². The standard InChI is InChI=1S/C29H39N7O2/c1-4-31-19-25(18-30)27(33-26-9-5-7-22(26)2)11-15-36-13-6-8-24-17-23(28(20-37)34-29(24)36)10-14-35(3)16-12-32-21-38/h4,11,15,17,19-22,26,33H,1,5-10,12-14,16H2,2-3H3,(H,32,38)/b15-11+,27-25+,31-19-. The van der Waals surface area contributed by atoms with E-state index in [0.717, 1.165) is 67.8 Å². The summed E-state index contributed by atoms with van der Waals surface area (Å²) >= 11 is 0. The fourth-order valence-electron chi connectivity index (χ4n) is 5.00. The topological polar surface area (TPSA) is 114 Å². The van der Waals surface area contributed by atoms with E-state index < -0.39 is 0 Å². The van der Waals surface area contributed by atoms with Crippen LogP contribution >= 0.6 is 0 Å². The molecule has 2 aliphatic rings. The number of aldehydes is 1. The summed E-state index contributed by atoms with van der Waals surface area (Å²) in [6.45, 7) is 8.70. The molecule has 0 bridgehead atoms. The van der Waals surface area contributed by atoms with Gasteiger partial charge in [-0.2, -0.15) is 5.26 Å². The molecular weight excluding hydrogens is 478 g/mol. The van der Waals surface area contributed by atoms with Gasteiger partial charge in [0.2, 0.25) is 6.41 Å². The Labute approximate surface area is 226 Å². The van der Waals surface area contributed by atoms with Crippen molar-refractivity contribution in [3.05, 3.63) is 59.2 Å². The number of carbonyl (C=O) groups excluding carboxylic acids is 2. The zero-order valence-corrected chi connectivity index (χ0v) is 22.5. The SMILES string of the molecule is C=C\N=C/C(C#N)=C(\C=C\N1CCCc2cc(CCN(C)CCNC=O)c(C=O)nc21)NC1CCCC1C. The Morgan fingerprint density at radius 2 is 2.18 bits per heavy atom. The molecule has 1 aromatic rings. The van der Waals surface area contributed by atoms with Gasteiger partial charge in [-0.25, -0.2) is 4.98 Å². The predicted molar refractivity (Wildman–Crippen MR) is 151 cm³/mol. The van der Waals surface area contributed by atoms with Crippen LogP contribution in [-0.4, -0.2) is 68.1 Å². The van der Waals surface area contributed by atoms with Crippen molar-refractivity contribution in [3.63, 3.8) is 0 Å². The molecule has 0 saturated heterocycles.